The van der Waals surface area contributed by atoms with E-state index >= 15 is 0 Å². The van der Waals surface area contributed by atoms with Crippen molar-refractivity contribution in [1.29, 1.82) is 5.26 Å². The molecule has 0 N–H and O–H groups in total. The first-order valence-corrected chi connectivity index (χ1v) is 9.85. The number of carbonyl (C=O) groups is 1. The number of nitriles is 1. The van der Waals surface area contributed by atoms with Crippen LogP contribution in [0.2, 0.25) is 0 Å². The van der Waals surface area contributed by atoms with E-state index in [0.29, 0.717) is 18.7 Å². The molecule has 26 heavy (non-hydrogen) atoms. The number of carbonyl (C=O) groups excluding carboxylic acids is 1. The SMILES string of the molecule is N#Cc1ccsc1N1CCC(N2CCC3(C2)OCc2ccccc23)C1=O. The lowest BCUT2D eigenvalue weighted by molar-refractivity contribution is -0.121. The Morgan fingerprint density at radius 1 is 1.27 bits per heavy atom. The highest BCUT2D eigenvalue weighted by Crippen LogP contribution is 2.44. The van der Waals surface area contributed by atoms with E-state index in [4.69, 9.17) is 4.74 Å². The number of anilines is 1. The average molecular weight is 365 g/mol. The molecule has 0 saturated carbocycles. The molecule has 132 valence electrons. The van der Waals surface area contributed by atoms with Crippen molar-refractivity contribution in [3.05, 3.63) is 52.4 Å². The summed E-state index contributed by atoms with van der Waals surface area (Å²) in [6.45, 7) is 2.98. The number of amides is 1. The smallest absolute Gasteiger partial charge is 0.245 e. The number of likely N-dealkylation sites (tertiary alicyclic amines) is 1. The second-order valence-corrected chi connectivity index (χ2v) is 8.10. The minimum absolute atomic E-state index is 0.112. The van der Waals surface area contributed by atoms with Gasteiger partial charge in [0.05, 0.1) is 18.2 Å². The van der Waals surface area contributed by atoms with E-state index in [1.807, 2.05) is 5.38 Å². The molecule has 1 aromatic heterocycles. The lowest BCUT2D eigenvalue weighted by Gasteiger charge is -2.27. The van der Waals surface area contributed by atoms with Gasteiger partial charge in [0.15, 0.2) is 0 Å². The zero-order valence-corrected chi connectivity index (χ0v) is 15.2. The topological polar surface area (TPSA) is 56.6 Å². The van der Waals surface area contributed by atoms with Crippen molar-refractivity contribution in [2.75, 3.05) is 24.5 Å². The molecule has 1 spiro atoms. The van der Waals surface area contributed by atoms with Gasteiger partial charge in [-0.25, -0.2) is 0 Å². The maximum Gasteiger partial charge on any atom is 0.245 e. The molecule has 1 amide bonds. The summed E-state index contributed by atoms with van der Waals surface area (Å²) >= 11 is 1.47. The van der Waals surface area contributed by atoms with Gasteiger partial charge in [0, 0.05) is 19.6 Å². The predicted molar refractivity (Wildman–Crippen MR) is 98.9 cm³/mol. The number of fused-ring (bicyclic) bond motifs is 2. The van der Waals surface area contributed by atoms with Gasteiger partial charge in [0.2, 0.25) is 5.91 Å². The Balaban J connectivity index is 1.37. The van der Waals surface area contributed by atoms with Crippen molar-refractivity contribution in [3.8, 4) is 6.07 Å². The molecule has 2 atom stereocenters. The molecule has 4 heterocycles. The fraction of sp³-hybridized carbons (Fsp3) is 0.400. The van der Waals surface area contributed by atoms with Crippen molar-refractivity contribution < 1.29 is 9.53 Å². The quantitative estimate of drug-likeness (QED) is 0.821. The van der Waals surface area contributed by atoms with E-state index < -0.39 is 0 Å². The summed E-state index contributed by atoms with van der Waals surface area (Å²) in [6, 6.07) is 12.3. The average Bonchev–Trinajstić information content (AvgIpc) is 3.43. The van der Waals surface area contributed by atoms with Gasteiger partial charge in [-0.1, -0.05) is 24.3 Å². The number of rotatable bonds is 2. The summed E-state index contributed by atoms with van der Waals surface area (Å²) in [4.78, 5) is 17.1. The Morgan fingerprint density at radius 2 is 2.15 bits per heavy atom. The molecule has 2 saturated heterocycles. The fourth-order valence-electron chi connectivity index (χ4n) is 4.60. The van der Waals surface area contributed by atoms with Crippen molar-refractivity contribution in [2.45, 2.75) is 31.1 Å². The lowest BCUT2D eigenvalue weighted by atomic mass is 9.92. The molecule has 2 aromatic rings. The van der Waals surface area contributed by atoms with Crippen LogP contribution in [0.15, 0.2) is 35.7 Å². The summed E-state index contributed by atoms with van der Waals surface area (Å²) in [7, 11) is 0. The van der Waals surface area contributed by atoms with Crippen molar-refractivity contribution in [3.63, 3.8) is 0 Å². The molecule has 0 radical (unpaired) electrons. The molecule has 1 aromatic carbocycles. The molecule has 0 bridgehead atoms. The molecule has 6 heteroatoms. The number of benzene rings is 1. The molecule has 2 unspecified atom stereocenters. The van der Waals surface area contributed by atoms with Crippen LogP contribution >= 0.6 is 11.3 Å². The van der Waals surface area contributed by atoms with Crippen LogP contribution in [0.3, 0.4) is 0 Å². The maximum absolute atomic E-state index is 13.0. The second-order valence-electron chi connectivity index (χ2n) is 7.21. The number of nitrogens with zero attached hydrogens (tertiary/aromatic N) is 3. The van der Waals surface area contributed by atoms with Gasteiger partial charge >= 0.3 is 0 Å². The zero-order valence-electron chi connectivity index (χ0n) is 14.4. The minimum Gasteiger partial charge on any atom is -0.364 e. The van der Waals surface area contributed by atoms with Crippen molar-refractivity contribution in [1.82, 2.24) is 4.90 Å². The van der Waals surface area contributed by atoms with Gasteiger partial charge < -0.3 is 9.64 Å². The van der Waals surface area contributed by atoms with E-state index in [9.17, 15) is 10.1 Å². The molecular formula is C20H19N3O2S. The fourth-order valence-corrected chi connectivity index (χ4v) is 5.48. The Morgan fingerprint density at radius 3 is 3.04 bits per heavy atom. The van der Waals surface area contributed by atoms with Crippen molar-refractivity contribution in [2.24, 2.45) is 0 Å². The Hall–Kier alpha value is -2.20. The molecular weight excluding hydrogens is 346 g/mol. The number of thiophene rings is 1. The predicted octanol–water partition coefficient (Wildman–Crippen LogP) is 2.86. The van der Waals surface area contributed by atoms with Crippen LogP contribution in [0.1, 0.15) is 29.5 Å². The third-order valence-corrected chi connectivity index (χ3v) is 6.84. The summed E-state index contributed by atoms with van der Waals surface area (Å²) in [5.74, 6) is 0.118. The van der Waals surface area contributed by atoms with Crippen LogP contribution in [0.5, 0.6) is 0 Å². The number of hydrogen-bond acceptors (Lipinski definition) is 5. The largest absolute Gasteiger partial charge is 0.364 e. The van der Waals surface area contributed by atoms with Crippen molar-refractivity contribution >= 4 is 22.2 Å². The lowest BCUT2D eigenvalue weighted by Crippen LogP contribution is -2.42. The molecule has 3 aliphatic heterocycles. The van der Waals surface area contributed by atoms with Gasteiger partial charge in [-0.3, -0.25) is 9.69 Å². The van der Waals surface area contributed by atoms with E-state index in [2.05, 4.69) is 35.2 Å². The zero-order chi connectivity index (χ0) is 17.7. The first-order valence-electron chi connectivity index (χ1n) is 8.97. The van der Waals surface area contributed by atoms with E-state index in [-0.39, 0.29) is 17.6 Å². The first-order chi connectivity index (χ1) is 12.7. The monoisotopic (exact) mass is 365 g/mol. The summed E-state index contributed by atoms with van der Waals surface area (Å²) in [5.41, 5.74) is 2.89. The van der Waals surface area contributed by atoms with Gasteiger partial charge in [0.25, 0.3) is 0 Å². The van der Waals surface area contributed by atoms with Gasteiger partial charge in [-0.05, 0) is 35.4 Å². The summed E-state index contributed by atoms with van der Waals surface area (Å²) < 4.78 is 6.22. The van der Waals surface area contributed by atoms with Crippen LogP contribution in [0.25, 0.3) is 0 Å². The molecule has 3 aliphatic rings. The summed E-state index contributed by atoms with van der Waals surface area (Å²) in [5, 5.41) is 11.9. The highest BCUT2D eigenvalue weighted by Gasteiger charge is 2.49. The van der Waals surface area contributed by atoms with Crippen LogP contribution in [0, 0.1) is 11.3 Å². The van der Waals surface area contributed by atoms with E-state index in [0.717, 1.165) is 30.9 Å². The van der Waals surface area contributed by atoms with E-state index in [1.165, 1.54) is 22.5 Å². The third kappa shape index (κ3) is 2.25. The van der Waals surface area contributed by atoms with Gasteiger partial charge in [-0.2, -0.15) is 5.26 Å². The van der Waals surface area contributed by atoms with Gasteiger partial charge in [-0.15, -0.1) is 11.3 Å². The van der Waals surface area contributed by atoms with Crippen LogP contribution in [-0.2, 0) is 21.7 Å². The molecule has 5 nitrogen and oxygen atoms in total. The Labute approximate surface area is 156 Å². The summed E-state index contributed by atoms with van der Waals surface area (Å²) in [6.07, 6.45) is 1.73. The molecule has 2 fully saturated rings. The molecule has 5 rings (SSSR count). The number of ether oxygens (including phenoxy) is 1. The maximum atomic E-state index is 13.0. The van der Waals surface area contributed by atoms with E-state index in [1.54, 1.807) is 11.0 Å². The normalized spacial score (nSPS) is 28.0. The Bertz CT molecular complexity index is 918. The van der Waals surface area contributed by atoms with Gasteiger partial charge in [0.1, 0.15) is 16.7 Å². The van der Waals surface area contributed by atoms with Crippen LogP contribution in [-0.4, -0.2) is 36.5 Å². The van der Waals surface area contributed by atoms with Crippen LogP contribution < -0.4 is 4.90 Å². The second kappa shape index (κ2) is 5.92. The highest BCUT2D eigenvalue weighted by atomic mass is 32.1. The minimum atomic E-state index is -0.259. The first kappa shape index (κ1) is 16.0. The molecule has 0 aliphatic carbocycles. The Kier molecular flexibility index (Phi) is 3.64. The third-order valence-electron chi connectivity index (χ3n) is 5.90. The van der Waals surface area contributed by atoms with Crippen LogP contribution in [0.4, 0.5) is 5.00 Å². The highest BCUT2D eigenvalue weighted by molar-refractivity contribution is 7.14. The standard InChI is InChI=1S/C20H19N3O2S/c21-11-14-6-10-26-19(14)23-8-5-17(18(23)24)22-9-7-20(13-22)16-4-2-1-3-15(16)12-25-20/h1-4,6,10,17H,5,7-9,12-13H2. The number of hydrogen-bond donors (Lipinski definition) is 0.